The Bertz CT molecular complexity index is 1210. The van der Waals surface area contributed by atoms with E-state index in [0.29, 0.717) is 35.3 Å². The van der Waals surface area contributed by atoms with E-state index >= 15 is 0 Å². The molecule has 1 aliphatic carbocycles. The number of anilines is 1. The Morgan fingerprint density at radius 3 is 2.91 bits per heavy atom. The average Bonchev–Trinajstić information content (AvgIpc) is 3.30. The van der Waals surface area contributed by atoms with Crippen molar-refractivity contribution in [2.75, 3.05) is 37.8 Å². The number of carbonyl (C=O) groups is 1. The molecule has 6 rings (SSSR count). The summed E-state index contributed by atoms with van der Waals surface area (Å²) < 4.78 is 5.29. The minimum atomic E-state index is 0.0246. The molecule has 0 bridgehead atoms. The Balaban J connectivity index is 1.01. The maximum Gasteiger partial charge on any atom is 0.235 e. The highest BCUT2D eigenvalue weighted by atomic mass is 32.2. The first-order valence-corrected chi connectivity index (χ1v) is 12.3. The summed E-state index contributed by atoms with van der Waals surface area (Å²) in [7, 11) is 1.64. The minimum absolute atomic E-state index is 0.0246. The largest absolute Gasteiger partial charge is 0.481 e. The van der Waals surface area contributed by atoms with Crippen LogP contribution in [-0.4, -0.2) is 64.3 Å². The third-order valence-electron chi connectivity index (χ3n) is 6.87. The van der Waals surface area contributed by atoms with Crippen LogP contribution < -0.4 is 15.4 Å². The lowest BCUT2D eigenvalue weighted by Crippen LogP contribution is -2.32. The Labute approximate surface area is 196 Å². The SMILES string of the molecule is COc1ccc2nccc(CCN3C[C@@H]4C(NCc5ccc6c(n5)NC(=O)CS6)[C@@H]4C3)c2n1. The molecule has 1 amide bonds. The van der Waals surface area contributed by atoms with E-state index in [-0.39, 0.29) is 5.91 Å². The average molecular weight is 463 g/mol. The first-order valence-electron chi connectivity index (χ1n) is 11.3. The number of ether oxygens (including phenoxy) is 1. The van der Waals surface area contributed by atoms with Crippen LogP contribution in [-0.2, 0) is 17.8 Å². The fraction of sp³-hybridized carbons (Fsp3) is 0.417. The molecule has 2 N–H and O–H groups in total. The zero-order chi connectivity index (χ0) is 22.4. The van der Waals surface area contributed by atoms with Gasteiger partial charge in [0.15, 0.2) is 0 Å². The second kappa shape index (κ2) is 8.55. The van der Waals surface area contributed by atoms with Crippen LogP contribution in [0.2, 0.25) is 0 Å². The molecule has 3 aromatic heterocycles. The maximum absolute atomic E-state index is 11.6. The summed E-state index contributed by atoms with van der Waals surface area (Å²) in [5, 5.41) is 6.56. The van der Waals surface area contributed by atoms with Crippen LogP contribution in [0, 0.1) is 11.8 Å². The Hall–Kier alpha value is -2.75. The van der Waals surface area contributed by atoms with Crippen molar-refractivity contribution in [1.82, 2.24) is 25.2 Å². The van der Waals surface area contributed by atoms with E-state index in [9.17, 15) is 4.79 Å². The molecular weight excluding hydrogens is 436 g/mol. The Morgan fingerprint density at radius 2 is 2.06 bits per heavy atom. The van der Waals surface area contributed by atoms with Gasteiger partial charge in [0.25, 0.3) is 0 Å². The van der Waals surface area contributed by atoms with Gasteiger partial charge in [-0.05, 0) is 48.1 Å². The third-order valence-corrected chi connectivity index (χ3v) is 7.92. The van der Waals surface area contributed by atoms with E-state index in [1.54, 1.807) is 18.9 Å². The molecule has 1 saturated carbocycles. The van der Waals surface area contributed by atoms with Crippen LogP contribution in [0.3, 0.4) is 0 Å². The number of nitrogens with one attached hydrogen (secondary N) is 2. The number of thioether (sulfide) groups is 1. The zero-order valence-corrected chi connectivity index (χ0v) is 19.3. The third kappa shape index (κ3) is 4.16. The summed E-state index contributed by atoms with van der Waals surface area (Å²) in [5.74, 6) is 3.25. The highest BCUT2D eigenvalue weighted by molar-refractivity contribution is 8.00. The highest BCUT2D eigenvalue weighted by Gasteiger charge is 2.55. The summed E-state index contributed by atoms with van der Waals surface area (Å²) >= 11 is 1.55. The fourth-order valence-electron chi connectivity index (χ4n) is 5.08. The van der Waals surface area contributed by atoms with E-state index in [1.165, 1.54) is 5.56 Å². The summed E-state index contributed by atoms with van der Waals surface area (Å²) in [6.07, 6.45) is 2.82. The van der Waals surface area contributed by atoms with E-state index < -0.39 is 0 Å². The van der Waals surface area contributed by atoms with Gasteiger partial charge < -0.3 is 20.3 Å². The number of pyridine rings is 3. The predicted octanol–water partition coefficient (Wildman–Crippen LogP) is 2.34. The van der Waals surface area contributed by atoms with Gasteiger partial charge >= 0.3 is 0 Å². The molecule has 1 unspecified atom stereocenters. The first-order chi connectivity index (χ1) is 16.2. The number of nitrogens with zero attached hydrogens (tertiary/aromatic N) is 4. The molecule has 1 saturated heterocycles. The maximum atomic E-state index is 11.6. The molecule has 2 aliphatic heterocycles. The van der Waals surface area contributed by atoms with Crippen molar-refractivity contribution >= 4 is 34.5 Å². The minimum Gasteiger partial charge on any atom is -0.481 e. The first kappa shape index (κ1) is 20.8. The van der Waals surface area contributed by atoms with E-state index in [1.807, 2.05) is 18.3 Å². The molecule has 9 heteroatoms. The van der Waals surface area contributed by atoms with Crippen molar-refractivity contribution in [3.05, 3.63) is 47.8 Å². The smallest absolute Gasteiger partial charge is 0.235 e. The van der Waals surface area contributed by atoms with Crippen LogP contribution in [0.4, 0.5) is 5.82 Å². The van der Waals surface area contributed by atoms with Crippen molar-refractivity contribution in [3.63, 3.8) is 0 Å². The van der Waals surface area contributed by atoms with Crippen LogP contribution in [0.1, 0.15) is 11.3 Å². The number of fused-ring (bicyclic) bond motifs is 3. The molecule has 8 nitrogen and oxygen atoms in total. The number of rotatable bonds is 7. The standard InChI is InChI=1S/C24H26N6O2S/c1-32-21-5-3-18-22(29-21)14(6-8-25-18)7-9-30-11-16-17(12-30)23(16)26-10-15-2-4-19-24(27-15)28-20(31)13-33-19/h2-6,8,16-17,23,26H,7,9-13H2,1H3,(H,27,28,31)/t16-,17+,23?. The van der Waals surface area contributed by atoms with Gasteiger partial charge in [-0.1, -0.05) is 0 Å². The lowest BCUT2D eigenvalue weighted by Gasteiger charge is -2.20. The molecule has 3 aromatic rings. The molecule has 3 atom stereocenters. The molecule has 170 valence electrons. The summed E-state index contributed by atoms with van der Waals surface area (Å²) in [4.78, 5) is 28.9. The Morgan fingerprint density at radius 1 is 1.18 bits per heavy atom. The predicted molar refractivity (Wildman–Crippen MR) is 127 cm³/mol. The van der Waals surface area contributed by atoms with Gasteiger partial charge in [0.2, 0.25) is 11.8 Å². The van der Waals surface area contributed by atoms with Crippen LogP contribution in [0.5, 0.6) is 5.88 Å². The number of carbonyl (C=O) groups excluding carboxylic acids is 1. The van der Waals surface area contributed by atoms with E-state index in [4.69, 9.17) is 4.74 Å². The van der Waals surface area contributed by atoms with Crippen molar-refractivity contribution in [1.29, 1.82) is 0 Å². The normalized spacial score (nSPS) is 23.8. The second-order valence-corrected chi connectivity index (χ2v) is 9.94. The van der Waals surface area contributed by atoms with Crippen molar-refractivity contribution in [2.24, 2.45) is 11.8 Å². The van der Waals surface area contributed by atoms with Crippen LogP contribution >= 0.6 is 11.8 Å². The van der Waals surface area contributed by atoms with Gasteiger partial charge in [0.1, 0.15) is 5.82 Å². The molecule has 5 heterocycles. The number of hydrogen-bond acceptors (Lipinski definition) is 8. The number of amides is 1. The number of piperidine rings is 1. The molecule has 0 aromatic carbocycles. The molecule has 3 aliphatic rings. The summed E-state index contributed by atoms with van der Waals surface area (Å²) in [5.41, 5.74) is 4.05. The molecule has 2 fully saturated rings. The monoisotopic (exact) mass is 462 g/mol. The number of aromatic nitrogens is 3. The number of hydrogen-bond donors (Lipinski definition) is 2. The molecule has 0 spiro atoms. The van der Waals surface area contributed by atoms with Gasteiger partial charge in [0, 0.05) is 44.5 Å². The highest BCUT2D eigenvalue weighted by Crippen LogP contribution is 2.45. The van der Waals surface area contributed by atoms with Crippen molar-refractivity contribution in [3.8, 4) is 5.88 Å². The van der Waals surface area contributed by atoms with Crippen LogP contribution in [0.15, 0.2) is 41.4 Å². The van der Waals surface area contributed by atoms with Gasteiger partial charge in [-0.3, -0.25) is 9.78 Å². The molecular formula is C24H26N6O2S. The molecule has 33 heavy (non-hydrogen) atoms. The quantitative estimate of drug-likeness (QED) is 0.553. The number of likely N-dealkylation sites (tertiary alicyclic amines) is 1. The van der Waals surface area contributed by atoms with E-state index in [2.05, 4.69) is 48.7 Å². The van der Waals surface area contributed by atoms with Gasteiger partial charge in [-0.2, -0.15) is 0 Å². The summed E-state index contributed by atoms with van der Waals surface area (Å²) in [6.45, 7) is 4.03. The van der Waals surface area contributed by atoms with Gasteiger partial charge in [0.05, 0.1) is 34.5 Å². The lowest BCUT2D eigenvalue weighted by atomic mass is 10.1. The second-order valence-electron chi connectivity index (χ2n) is 8.92. The van der Waals surface area contributed by atoms with E-state index in [0.717, 1.165) is 54.2 Å². The van der Waals surface area contributed by atoms with Gasteiger partial charge in [-0.15, -0.1) is 11.8 Å². The van der Waals surface area contributed by atoms with Crippen molar-refractivity contribution < 1.29 is 9.53 Å². The van der Waals surface area contributed by atoms with Gasteiger partial charge in [-0.25, -0.2) is 9.97 Å². The molecule has 0 radical (unpaired) electrons. The van der Waals surface area contributed by atoms with Crippen molar-refractivity contribution in [2.45, 2.75) is 23.9 Å². The van der Waals surface area contributed by atoms with Crippen LogP contribution in [0.25, 0.3) is 11.0 Å². The topological polar surface area (TPSA) is 92.3 Å². The summed E-state index contributed by atoms with van der Waals surface area (Å²) in [6, 6.07) is 10.6. The number of methoxy groups -OCH3 is 1. The zero-order valence-electron chi connectivity index (χ0n) is 18.5. The lowest BCUT2D eigenvalue weighted by molar-refractivity contribution is -0.113. The Kier molecular flexibility index (Phi) is 5.40. The fourth-order valence-corrected chi connectivity index (χ4v) is 5.84.